The molecule has 31 heavy (non-hydrogen) atoms. The fourth-order valence-electron chi connectivity index (χ4n) is 4.59. The third-order valence-electron chi connectivity index (χ3n) is 6.30. The zero-order chi connectivity index (χ0) is 23.2. The van der Waals surface area contributed by atoms with E-state index in [1.165, 1.54) is 7.11 Å². The van der Waals surface area contributed by atoms with Crippen molar-refractivity contribution in [2.75, 3.05) is 26.7 Å². The summed E-state index contributed by atoms with van der Waals surface area (Å²) in [5.74, 6) is -0.0106. The van der Waals surface area contributed by atoms with Crippen molar-refractivity contribution >= 4 is 12.0 Å². The maximum absolute atomic E-state index is 12.7. The SMILES string of the molecule is CC.CCC(CNC(=O)OC)C(=O)N1CC2(CCC(c3ccc(C(F)(F)F)cc3)C2)C1. The first-order chi connectivity index (χ1) is 14.7. The predicted molar refractivity (Wildman–Crippen MR) is 113 cm³/mol. The maximum atomic E-state index is 12.7. The molecule has 1 saturated heterocycles. The van der Waals surface area contributed by atoms with Gasteiger partial charge in [-0.15, -0.1) is 0 Å². The number of nitrogens with one attached hydrogen (secondary N) is 1. The van der Waals surface area contributed by atoms with Gasteiger partial charge in [0.05, 0.1) is 18.6 Å². The molecule has 2 amide bonds. The van der Waals surface area contributed by atoms with Crippen LogP contribution in [0.4, 0.5) is 18.0 Å². The normalized spacial score (nSPS) is 20.4. The number of methoxy groups -OCH3 is 1. The van der Waals surface area contributed by atoms with E-state index in [9.17, 15) is 22.8 Å². The molecule has 0 aromatic heterocycles. The molecule has 8 heteroatoms. The largest absolute Gasteiger partial charge is 0.453 e. The number of likely N-dealkylation sites (tertiary alicyclic amines) is 1. The molecular weight excluding hydrogens is 409 g/mol. The second-order valence-electron chi connectivity index (χ2n) is 8.23. The molecule has 2 fully saturated rings. The molecule has 2 aliphatic rings. The van der Waals surface area contributed by atoms with Gasteiger partial charge in [0.2, 0.25) is 5.91 Å². The van der Waals surface area contributed by atoms with Crippen molar-refractivity contribution in [1.82, 2.24) is 10.2 Å². The number of hydrogen-bond acceptors (Lipinski definition) is 3. The van der Waals surface area contributed by atoms with E-state index in [0.29, 0.717) is 19.5 Å². The highest BCUT2D eigenvalue weighted by Crippen LogP contribution is 2.52. The van der Waals surface area contributed by atoms with Gasteiger partial charge in [-0.05, 0) is 49.3 Å². The second-order valence-corrected chi connectivity index (χ2v) is 8.23. The lowest BCUT2D eigenvalue weighted by Crippen LogP contribution is -2.59. The summed E-state index contributed by atoms with van der Waals surface area (Å²) in [7, 11) is 1.28. The van der Waals surface area contributed by atoms with Crippen LogP contribution in [-0.2, 0) is 15.7 Å². The molecule has 1 N–H and O–H groups in total. The highest BCUT2D eigenvalue weighted by molar-refractivity contribution is 5.80. The number of benzene rings is 1. The van der Waals surface area contributed by atoms with Crippen molar-refractivity contribution in [2.24, 2.45) is 11.3 Å². The molecule has 0 bridgehead atoms. The number of carbonyl (C=O) groups is 2. The van der Waals surface area contributed by atoms with E-state index in [1.807, 2.05) is 25.7 Å². The van der Waals surface area contributed by atoms with E-state index >= 15 is 0 Å². The van der Waals surface area contributed by atoms with Gasteiger partial charge in [-0.2, -0.15) is 13.2 Å². The highest BCUT2D eigenvalue weighted by Gasteiger charge is 2.50. The molecule has 2 atom stereocenters. The first kappa shape index (κ1) is 25.0. The molecule has 5 nitrogen and oxygen atoms in total. The molecule has 2 unspecified atom stereocenters. The standard InChI is InChI=1S/C21H27F3N2O3.C2H6/c1-3-14(11-25-19(28)29-2)18(27)26-12-20(13-26)9-8-16(10-20)15-4-6-17(7-5-15)21(22,23)24;1-2/h4-7,14,16H,3,8-13H2,1-2H3,(H,25,28);1-2H3. The fraction of sp³-hybridized carbons (Fsp3) is 0.652. The lowest BCUT2D eigenvalue weighted by atomic mass is 9.76. The Balaban J connectivity index is 0.00000166. The van der Waals surface area contributed by atoms with Gasteiger partial charge in [0.25, 0.3) is 0 Å². The Morgan fingerprint density at radius 1 is 1.23 bits per heavy atom. The van der Waals surface area contributed by atoms with E-state index in [0.717, 1.165) is 37.0 Å². The molecule has 3 rings (SSSR count). The van der Waals surface area contributed by atoms with Crippen molar-refractivity contribution < 1.29 is 27.5 Å². The van der Waals surface area contributed by atoms with Crippen molar-refractivity contribution in [3.8, 4) is 0 Å². The molecular formula is C23H33F3N2O3. The topological polar surface area (TPSA) is 58.6 Å². The minimum absolute atomic E-state index is 0.0347. The van der Waals surface area contributed by atoms with E-state index in [4.69, 9.17) is 0 Å². The fourth-order valence-corrected chi connectivity index (χ4v) is 4.59. The minimum atomic E-state index is -4.32. The Hall–Kier alpha value is -2.25. The van der Waals surface area contributed by atoms with Gasteiger partial charge < -0.3 is 15.0 Å². The lowest BCUT2D eigenvalue weighted by Gasteiger charge is -2.49. The van der Waals surface area contributed by atoms with Crippen molar-refractivity contribution in [2.45, 2.75) is 58.5 Å². The smallest absolute Gasteiger partial charge is 0.416 e. The van der Waals surface area contributed by atoms with Crippen LogP contribution in [0, 0.1) is 11.3 Å². The molecule has 1 spiro atoms. The van der Waals surface area contributed by atoms with Gasteiger partial charge in [-0.25, -0.2) is 4.79 Å². The highest BCUT2D eigenvalue weighted by atomic mass is 19.4. The Morgan fingerprint density at radius 3 is 2.35 bits per heavy atom. The lowest BCUT2D eigenvalue weighted by molar-refractivity contribution is -0.147. The monoisotopic (exact) mass is 442 g/mol. The average Bonchev–Trinajstić information content (AvgIpc) is 3.19. The predicted octanol–water partition coefficient (Wildman–Crippen LogP) is 5.21. The number of nitrogens with zero attached hydrogens (tertiary/aromatic N) is 1. The number of alkyl carbamates (subject to hydrolysis) is 1. The number of hydrogen-bond donors (Lipinski definition) is 1. The third-order valence-corrected chi connectivity index (χ3v) is 6.30. The van der Waals surface area contributed by atoms with E-state index in [-0.39, 0.29) is 29.7 Å². The van der Waals surface area contributed by atoms with Gasteiger partial charge in [-0.3, -0.25) is 4.79 Å². The van der Waals surface area contributed by atoms with Gasteiger partial charge in [0.15, 0.2) is 0 Å². The van der Waals surface area contributed by atoms with Crippen molar-refractivity contribution in [1.29, 1.82) is 0 Å². The zero-order valence-corrected chi connectivity index (χ0v) is 18.7. The van der Waals surface area contributed by atoms with Crippen LogP contribution in [-0.4, -0.2) is 43.6 Å². The number of rotatable bonds is 5. The number of ether oxygens (including phenoxy) is 1. The summed E-state index contributed by atoms with van der Waals surface area (Å²) in [6.07, 6.45) is -1.46. The first-order valence-corrected chi connectivity index (χ1v) is 11.0. The Labute approximate surface area is 182 Å². The molecule has 1 aromatic rings. The van der Waals surface area contributed by atoms with Crippen LogP contribution in [0.1, 0.15) is 63.5 Å². The first-order valence-electron chi connectivity index (χ1n) is 11.0. The van der Waals surface area contributed by atoms with Crippen LogP contribution in [0.5, 0.6) is 0 Å². The molecule has 1 heterocycles. The van der Waals surface area contributed by atoms with Gasteiger partial charge >= 0.3 is 12.3 Å². The molecule has 0 radical (unpaired) electrons. The van der Waals surface area contributed by atoms with Crippen LogP contribution in [0.3, 0.4) is 0 Å². The van der Waals surface area contributed by atoms with Gasteiger partial charge in [0.1, 0.15) is 0 Å². The van der Waals surface area contributed by atoms with Crippen LogP contribution >= 0.6 is 0 Å². The quantitative estimate of drug-likeness (QED) is 0.681. The molecule has 1 saturated carbocycles. The second kappa shape index (κ2) is 10.4. The van der Waals surface area contributed by atoms with Crippen molar-refractivity contribution in [3.05, 3.63) is 35.4 Å². The zero-order valence-electron chi connectivity index (χ0n) is 18.7. The Morgan fingerprint density at radius 2 is 1.84 bits per heavy atom. The van der Waals surface area contributed by atoms with Crippen LogP contribution in [0.2, 0.25) is 0 Å². The summed E-state index contributed by atoms with van der Waals surface area (Å²) in [5, 5.41) is 2.58. The number of alkyl halides is 3. The Kier molecular flexibility index (Phi) is 8.37. The van der Waals surface area contributed by atoms with E-state index in [1.54, 1.807) is 12.1 Å². The minimum Gasteiger partial charge on any atom is -0.453 e. The van der Waals surface area contributed by atoms with Crippen molar-refractivity contribution in [3.63, 3.8) is 0 Å². The van der Waals surface area contributed by atoms with Crippen LogP contribution in [0.15, 0.2) is 24.3 Å². The van der Waals surface area contributed by atoms with Crippen LogP contribution < -0.4 is 5.32 Å². The molecule has 1 aliphatic heterocycles. The molecule has 1 aromatic carbocycles. The van der Waals surface area contributed by atoms with Gasteiger partial charge in [-0.1, -0.05) is 32.9 Å². The average molecular weight is 443 g/mol. The summed E-state index contributed by atoms with van der Waals surface area (Å²) in [6, 6.07) is 5.47. The van der Waals surface area contributed by atoms with E-state index < -0.39 is 17.8 Å². The molecule has 174 valence electrons. The van der Waals surface area contributed by atoms with Crippen LogP contribution in [0.25, 0.3) is 0 Å². The number of amides is 2. The summed E-state index contributed by atoms with van der Waals surface area (Å²) in [4.78, 5) is 25.8. The van der Waals surface area contributed by atoms with E-state index in [2.05, 4.69) is 10.1 Å². The Bertz CT molecular complexity index is 743. The summed E-state index contributed by atoms with van der Waals surface area (Å²) in [6.45, 7) is 7.52. The summed E-state index contributed by atoms with van der Waals surface area (Å²) < 4.78 is 42.8. The third kappa shape index (κ3) is 5.92. The molecule has 1 aliphatic carbocycles. The van der Waals surface area contributed by atoms with Gasteiger partial charge in [0, 0.05) is 25.0 Å². The summed E-state index contributed by atoms with van der Waals surface area (Å²) >= 11 is 0. The number of carbonyl (C=O) groups excluding carboxylic acids is 2. The number of halogens is 3. The summed E-state index contributed by atoms with van der Waals surface area (Å²) in [5.41, 5.74) is 0.380. The maximum Gasteiger partial charge on any atom is 0.416 e.